The summed E-state index contributed by atoms with van der Waals surface area (Å²) in [7, 11) is 0. The number of hydrogen-bond acceptors (Lipinski definition) is 5. The van der Waals surface area contributed by atoms with Crippen molar-refractivity contribution in [1.29, 1.82) is 0 Å². The highest BCUT2D eigenvalue weighted by Crippen LogP contribution is 2.22. The van der Waals surface area contributed by atoms with Gasteiger partial charge in [-0.15, -0.1) is 10.2 Å². The highest BCUT2D eigenvalue weighted by Gasteiger charge is 2.13. The van der Waals surface area contributed by atoms with Crippen LogP contribution in [-0.2, 0) is 17.6 Å². The normalized spacial score (nSPS) is 10.8. The molecule has 0 aliphatic carbocycles. The molecule has 0 atom stereocenters. The largest absolute Gasteiger partial charge is 0.469 e. The fourth-order valence-corrected chi connectivity index (χ4v) is 2.63. The molecule has 1 N–H and O–H groups in total. The first-order valence-corrected chi connectivity index (χ1v) is 8.37. The highest BCUT2D eigenvalue weighted by atomic mass is 35.5. The number of halogens is 1. The molecule has 2 aromatic heterocycles. The lowest BCUT2D eigenvalue weighted by Crippen LogP contribution is -2.25. The van der Waals surface area contributed by atoms with Gasteiger partial charge in [-0.25, -0.2) is 0 Å². The van der Waals surface area contributed by atoms with Gasteiger partial charge in [0.15, 0.2) is 0 Å². The van der Waals surface area contributed by atoms with E-state index in [0.717, 1.165) is 17.5 Å². The standard InChI is InChI=1S/C18H18ClN3O3/c1-12-15(8-10-24-12)18-22-21-17(25-18)6-5-16(23)20-9-7-13-3-2-4-14(19)11-13/h2-4,8,10-11H,5-7,9H2,1H3,(H,20,23). The number of amides is 1. The maximum atomic E-state index is 11.9. The summed E-state index contributed by atoms with van der Waals surface area (Å²) in [5, 5.41) is 11.5. The molecule has 0 fully saturated rings. The zero-order valence-corrected chi connectivity index (χ0v) is 14.5. The molecule has 0 aliphatic rings. The summed E-state index contributed by atoms with van der Waals surface area (Å²) in [6.07, 6.45) is 2.99. The van der Waals surface area contributed by atoms with Gasteiger partial charge in [0.25, 0.3) is 5.89 Å². The Morgan fingerprint density at radius 2 is 2.12 bits per heavy atom. The van der Waals surface area contributed by atoms with Gasteiger partial charge in [-0.3, -0.25) is 4.79 Å². The Morgan fingerprint density at radius 1 is 1.24 bits per heavy atom. The summed E-state index contributed by atoms with van der Waals surface area (Å²) in [6.45, 7) is 2.38. The van der Waals surface area contributed by atoms with Gasteiger partial charge in [0, 0.05) is 24.4 Å². The summed E-state index contributed by atoms with van der Waals surface area (Å²) in [5.41, 5.74) is 1.86. The lowest BCUT2D eigenvalue weighted by Gasteiger charge is -2.04. The number of furan rings is 1. The average Bonchev–Trinajstić information content (AvgIpc) is 3.21. The second kappa shape index (κ2) is 7.98. The van der Waals surface area contributed by atoms with Crippen molar-refractivity contribution in [2.75, 3.05) is 6.54 Å². The van der Waals surface area contributed by atoms with Gasteiger partial charge in [-0.1, -0.05) is 23.7 Å². The number of nitrogens with zero attached hydrogens (tertiary/aromatic N) is 2. The van der Waals surface area contributed by atoms with Crippen LogP contribution in [0.4, 0.5) is 0 Å². The van der Waals surface area contributed by atoms with Gasteiger partial charge in [-0.05, 0) is 37.1 Å². The van der Waals surface area contributed by atoms with Crippen LogP contribution in [-0.4, -0.2) is 22.6 Å². The van der Waals surface area contributed by atoms with E-state index in [1.165, 1.54) is 0 Å². The minimum atomic E-state index is -0.0544. The Kier molecular flexibility index (Phi) is 5.50. The van der Waals surface area contributed by atoms with Gasteiger partial charge >= 0.3 is 0 Å². The second-order valence-corrected chi connectivity index (χ2v) is 6.06. The van der Waals surface area contributed by atoms with Crippen molar-refractivity contribution in [1.82, 2.24) is 15.5 Å². The van der Waals surface area contributed by atoms with Crippen LogP contribution in [0.25, 0.3) is 11.5 Å². The topological polar surface area (TPSA) is 81.2 Å². The molecule has 2 heterocycles. The smallest absolute Gasteiger partial charge is 0.251 e. The summed E-state index contributed by atoms with van der Waals surface area (Å²) in [6, 6.07) is 9.37. The summed E-state index contributed by atoms with van der Waals surface area (Å²) < 4.78 is 10.8. The molecule has 0 saturated heterocycles. The quantitative estimate of drug-likeness (QED) is 0.697. The minimum absolute atomic E-state index is 0.0544. The number of carbonyl (C=O) groups excluding carboxylic acids is 1. The van der Waals surface area contributed by atoms with Gasteiger partial charge in [0.05, 0.1) is 11.8 Å². The van der Waals surface area contributed by atoms with Crippen LogP contribution in [0.3, 0.4) is 0 Å². The number of carbonyl (C=O) groups is 1. The van der Waals surface area contributed by atoms with Crippen molar-refractivity contribution in [3.63, 3.8) is 0 Å². The van der Waals surface area contributed by atoms with Crippen molar-refractivity contribution in [3.8, 4) is 11.5 Å². The first-order valence-electron chi connectivity index (χ1n) is 8.00. The number of nitrogens with one attached hydrogen (secondary N) is 1. The van der Waals surface area contributed by atoms with E-state index in [1.807, 2.05) is 31.2 Å². The first kappa shape index (κ1) is 17.2. The third-order valence-corrected chi connectivity index (χ3v) is 3.98. The Bertz CT molecular complexity index is 857. The highest BCUT2D eigenvalue weighted by molar-refractivity contribution is 6.30. The number of aryl methyl sites for hydroxylation is 2. The molecule has 1 amide bonds. The molecule has 0 aliphatic heterocycles. The molecule has 3 rings (SSSR count). The Morgan fingerprint density at radius 3 is 2.88 bits per heavy atom. The third-order valence-electron chi connectivity index (χ3n) is 3.75. The molecule has 0 bridgehead atoms. The SMILES string of the molecule is Cc1occc1-c1nnc(CCC(=O)NCCc2cccc(Cl)c2)o1. The lowest BCUT2D eigenvalue weighted by molar-refractivity contribution is -0.121. The zero-order chi connectivity index (χ0) is 17.6. The summed E-state index contributed by atoms with van der Waals surface area (Å²) in [4.78, 5) is 11.9. The number of rotatable bonds is 7. The van der Waals surface area contributed by atoms with Crippen molar-refractivity contribution in [3.05, 3.63) is 58.8 Å². The zero-order valence-electron chi connectivity index (χ0n) is 13.8. The maximum Gasteiger partial charge on any atom is 0.251 e. The van der Waals surface area contributed by atoms with Crippen LogP contribution in [0.5, 0.6) is 0 Å². The van der Waals surface area contributed by atoms with Gasteiger partial charge in [0.2, 0.25) is 11.8 Å². The van der Waals surface area contributed by atoms with Crippen LogP contribution in [0.15, 0.2) is 45.4 Å². The Labute approximate surface area is 150 Å². The van der Waals surface area contributed by atoms with Gasteiger partial charge in [0.1, 0.15) is 5.76 Å². The van der Waals surface area contributed by atoms with Crippen LogP contribution >= 0.6 is 11.6 Å². The molecule has 0 spiro atoms. The van der Waals surface area contributed by atoms with E-state index in [0.29, 0.717) is 42.0 Å². The maximum absolute atomic E-state index is 11.9. The van der Waals surface area contributed by atoms with Crippen LogP contribution in [0, 0.1) is 6.92 Å². The predicted octanol–water partition coefficient (Wildman–Crippen LogP) is 3.58. The summed E-state index contributed by atoms with van der Waals surface area (Å²) in [5.74, 6) is 1.50. The molecule has 0 saturated carbocycles. The molecule has 0 radical (unpaired) electrons. The number of hydrogen-bond donors (Lipinski definition) is 1. The molecular formula is C18H18ClN3O3. The minimum Gasteiger partial charge on any atom is -0.469 e. The molecule has 3 aromatic rings. The first-order chi connectivity index (χ1) is 12.1. The molecule has 7 heteroatoms. The molecule has 0 unspecified atom stereocenters. The van der Waals surface area contributed by atoms with E-state index in [2.05, 4.69) is 15.5 Å². The molecule has 130 valence electrons. The van der Waals surface area contributed by atoms with Crippen molar-refractivity contribution in [2.45, 2.75) is 26.2 Å². The molecule has 1 aromatic carbocycles. The van der Waals surface area contributed by atoms with Crippen LogP contribution < -0.4 is 5.32 Å². The van der Waals surface area contributed by atoms with E-state index >= 15 is 0 Å². The second-order valence-electron chi connectivity index (χ2n) is 5.62. The lowest BCUT2D eigenvalue weighted by atomic mass is 10.1. The average molecular weight is 360 g/mol. The third kappa shape index (κ3) is 4.70. The van der Waals surface area contributed by atoms with E-state index < -0.39 is 0 Å². The van der Waals surface area contributed by atoms with Crippen LogP contribution in [0.2, 0.25) is 5.02 Å². The van der Waals surface area contributed by atoms with Crippen molar-refractivity contribution in [2.24, 2.45) is 0 Å². The molecule has 6 nitrogen and oxygen atoms in total. The van der Waals surface area contributed by atoms with Gasteiger partial charge in [-0.2, -0.15) is 0 Å². The predicted molar refractivity (Wildman–Crippen MR) is 93.2 cm³/mol. The van der Waals surface area contributed by atoms with E-state index in [-0.39, 0.29) is 5.91 Å². The van der Waals surface area contributed by atoms with E-state index in [9.17, 15) is 4.79 Å². The number of benzene rings is 1. The van der Waals surface area contributed by atoms with Gasteiger partial charge < -0.3 is 14.2 Å². The van der Waals surface area contributed by atoms with E-state index in [1.54, 1.807) is 12.3 Å². The van der Waals surface area contributed by atoms with Crippen LogP contribution in [0.1, 0.15) is 23.6 Å². The number of aromatic nitrogens is 2. The Hall–Kier alpha value is -2.60. The van der Waals surface area contributed by atoms with Crippen molar-refractivity contribution >= 4 is 17.5 Å². The molecular weight excluding hydrogens is 342 g/mol. The Balaban J connectivity index is 1.43. The molecule has 25 heavy (non-hydrogen) atoms. The fourth-order valence-electron chi connectivity index (χ4n) is 2.42. The monoisotopic (exact) mass is 359 g/mol. The fraction of sp³-hybridized carbons (Fsp3) is 0.278. The van der Waals surface area contributed by atoms with Crippen molar-refractivity contribution < 1.29 is 13.6 Å². The van der Waals surface area contributed by atoms with E-state index in [4.69, 9.17) is 20.4 Å². The summed E-state index contributed by atoms with van der Waals surface area (Å²) >= 11 is 5.94.